The maximum absolute atomic E-state index is 13.2. The summed E-state index contributed by atoms with van der Waals surface area (Å²) in [4.78, 5) is 24.5. The van der Waals surface area contributed by atoms with Gasteiger partial charge in [-0.1, -0.05) is 23.7 Å². The Morgan fingerprint density at radius 1 is 1.20 bits per heavy atom. The quantitative estimate of drug-likeness (QED) is 0.754. The molecule has 0 saturated carbocycles. The van der Waals surface area contributed by atoms with Gasteiger partial charge in [-0.3, -0.25) is 19.6 Å². The molecule has 6 heteroatoms. The van der Waals surface area contributed by atoms with Crippen LogP contribution in [0.25, 0.3) is 0 Å². The molecule has 1 amide bonds. The minimum atomic E-state index is -0.155. The average molecular weight is 427 g/mol. The molecule has 0 unspecified atom stereocenters. The lowest BCUT2D eigenvalue weighted by molar-refractivity contribution is -0.139. The molecule has 2 aliphatic rings. The second-order valence-electron chi connectivity index (χ2n) is 8.83. The molecule has 1 aliphatic heterocycles. The molecule has 1 fully saturated rings. The Bertz CT molecular complexity index is 931. The number of likely N-dealkylation sites (N-methyl/N-ethyl adjacent to an activating group) is 2. The van der Waals surface area contributed by atoms with Gasteiger partial charge >= 0.3 is 0 Å². The molecule has 1 aliphatic carbocycles. The largest absolute Gasteiger partial charge is 0.342 e. The first-order valence-corrected chi connectivity index (χ1v) is 11.2. The van der Waals surface area contributed by atoms with Gasteiger partial charge in [0, 0.05) is 43.9 Å². The number of carbonyl (C=O) groups excluding carboxylic acids is 1. The molecule has 5 nitrogen and oxygen atoms in total. The van der Waals surface area contributed by atoms with Gasteiger partial charge < -0.3 is 4.90 Å². The fourth-order valence-electron chi connectivity index (χ4n) is 4.64. The van der Waals surface area contributed by atoms with Gasteiger partial charge in [-0.05, 0) is 68.6 Å². The zero-order chi connectivity index (χ0) is 21.4. The molecule has 2 atom stereocenters. The van der Waals surface area contributed by atoms with Crippen LogP contribution in [0.4, 0.5) is 0 Å². The Kier molecular flexibility index (Phi) is 6.14. The van der Waals surface area contributed by atoms with E-state index in [0.29, 0.717) is 6.54 Å². The third kappa shape index (κ3) is 3.98. The van der Waals surface area contributed by atoms with E-state index in [0.717, 1.165) is 36.6 Å². The summed E-state index contributed by atoms with van der Waals surface area (Å²) in [5.41, 5.74) is 4.96. The van der Waals surface area contributed by atoms with Crippen LogP contribution in [0.1, 0.15) is 42.3 Å². The number of hydrogen-bond donors (Lipinski definition) is 0. The van der Waals surface area contributed by atoms with Gasteiger partial charge in [0.1, 0.15) is 6.04 Å². The first-order chi connectivity index (χ1) is 14.4. The lowest BCUT2D eigenvalue weighted by Gasteiger charge is -2.44. The standard InChI is InChI=1S/C24H31ClN4O/c1-16(2)28(4)24(30)21-15-29(13-12-27(21)3)23-20-10-9-19(25)14-18(20)8-7-17-6-5-11-26-22(17)23/h5-6,9-11,14,16,21,23H,7-8,12-13,15H2,1-4H3/t21-,23-/m1/s1. The van der Waals surface area contributed by atoms with Crippen LogP contribution in [0.2, 0.25) is 5.02 Å². The Morgan fingerprint density at radius 2 is 1.97 bits per heavy atom. The SMILES string of the molecule is CC(C)N(C)C(=O)[C@H]1CN([C@@H]2c3ccc(Cl)cc3CCc3cccnc32)CCN1C. The number of aromatic nitrogens is 1. The van der Waals surface area contributed by atoms with Crippen LogP contribution in [0.5, 0.6) is 0 Å². The summed E-state index contributed by atoms with van der Waals surface area (Å²) in [7, 11) is 3.96. The number of rotatable bonds is 3. The summed E-state index contributed by atoms with van der Waals surface area (Å²) >= 11 is 6.34. The second kappa shape index (κ2) is 8.66. The smallest absolute Gasteiger partial charge is 0.241 e. The van der Waals surface area contributed by atoms with Crippen molar-refractivity contribution in [2.45, 2.75) is 44.8 Å². The van der Waals surface area contributed by atoms with Gasteiger partial charge in [0.25, 0.3) is 0 Å². The number of piperazine rings is 1. The van der Waals surface area contributed by atoms with Crippen molar-refractivity contribution in [2.24, 2.45) is 0 Å². The van der Waals surface area contributed by atoms with Crippen LogP contribution < -0.4 is 0 Å². The van der Waals surface area contributed by atoms with E-state index in [1.54, 1.807) is 0 Å². The van der Waals surface area contributed by atoms with Gasteiger partial charge in [0.05, 0.1) is 11.7 Å². The number of halogens is 1. The maximum Gasteiger partial charge on any atom is 0.241 e. The minimum Gasteiger partial charge on any atom is -0.342 e. The van der Waals surface area contributed by atoms with Gasteiger partial charge in [-0.15, -0.1) is 0 Å². The molecule has 2 aromatic rings. The van der Waals surface area contributed by atoms with Crippen molar-refractivity contribution in [3.8, 4) is 0 Å². The van der Waals surface area contributed by atoms with Crippen LogP contribution in [-0.2, 0) is 17.6 Å². The summed E-state index contributed by atoms with van der Waals surface area (Å²) in [5, 5.41) is 0.774. The second-order valence-corrected chi connectivity index (χ2v) is 9.26. The summed E-state index contributed by atoms with van der Waals surface area (Å²) < 4.78 is 0. The first kappa shape index (κ1) is 21.3. The van der Waals surface area contributed by atoms with E-state index >= 15 is 0 Å². The highest BCUT2D eigenvalue weighted by molar-refractivity contribution is 6.30. The van der Waals surface area contributed by atoms with Crippen LogP contribution in [0, 0.1) is 0 Å². The molecule has 4 rings (SSSR count). The van der Waals surface area contributed by atoms with E-state index in [2.05, 4.69) is 48.9 Å². The van der Waals surface area contributed by atoms with Crippen molar-refractivity contribution in [3.63, 3.8) is 0 Å². The molecule has 0 bridgehead atoms. The predicted octanol–water partition coefficient (Wildman–Crippen LogP) is 3.41. The van der Waals surface area contributed by atoms with Crippen molar-refractivity contribution in [2.75, 3.05) is 33.7 Å². The van der Waals surface area contributed by atoms with Crippen LogP contribution in [0.15, 0.2) is 36.5 Å². The Balaban J connectivity index is 1.73. The molecule has 0 N–H and O–H groups in total. The molecule has 1 aromatic heterocycles. The van der Waals surface area contributed by atoms with Crippen LogP contribution in [-0.4, -0.2) is 71.4 Å². The number of carbonyl (C=O) groups is 1. The Labute approximate surface area is 184 Å². The highest BCUT2D eigenvalue weighted by Crippen LogP contribution is 2.37. The highest BCUT2D eigenvalue weighted by atomic mass is 35.5. The number of aryl methyl sites for hydroxylation is 2. The van der Waals surface area contributed by atoms with Gasteiger partial charge in [-0.25, -0.2) is 0 Å². The lowest BCUT2D eigenvalue weighted by Crippen LogP contribution is -2.59. The number of nitrogens with zero attached hydrogens (tertiary/aromatic N) is 4. The van der Waals surface area contributed by atoms with E-state index in [1.165, 1.54) is 16.7 Å². The predicted molar refractivity (Wildman–Crippen MR) is 121 cm³/mol. The fraction of sp³-hybridized carbons (Fsp3) is 0.500. The van der Waals surface area contributed by atoms with Crippen molar-refractivity contribution >= 4 is 17.5 Å². The number of amides is 1. The van der Waals surface area contributed by atoms with Gasteiger partial charge in [0.15, 0.2) is 0 Å². The molecule has 160 valence electrons. The topological polar surface area (TPSA) is 39.7 Å². The molecule has 1 aromatic carbocycles. The van der Waals surface area contributed by atoms with Crippen molar-refractivity contribution < 1.29 is 4.79 Å². The van der Waals surface area contributed by atoms with Gasteiger partial charge in [0.2, 0.25) is 5.91 Å². The summed E-state index contributed by atoms with van der Waals surface area (Å²) in [6.07, 6.45) is 3.80. The van der Waals surface area contributed by atoms with Crippen molar-refractivity contribution in [1.29, 1.82) is 0 Å². The molecular weight excluding hydrogens is 396 g/mol. The van der Waals surface area contributed by atoms with Crippen LogP contribution in [0.3, 0.4) is 0 Å². The zero-order valence-corrected chi connectivity index (χ0v) is 19.1. The van der Waals surface area contributed by atoms with E-state index in [9.17, 15) is 4.79 Å². The number of hydrogen-bond acceptors (Lipinski definition) is 4. The first-order valence-electron chi connectivity index (χ1n) is 10.8. The third-order valence-corrected chi connectivity index (χ3v) is 6.94. The number of benzene rings is 1. The van der Waals surface area contributed by atoms with E-state index < -0.39 is 0 Å². The van der Waals surface area contributed by atoms with E-state index in [1.807, 2.05) is 30.3 Å². The minimum absolute atomic E-state index is 0.0457. The van der Waals surface area contributed by atoms with Crippen LogP contribution >= 0.6 is 11.6 Å². The summed E-state index contributed by atoms with van der Waals surface area (Å²) in [6.45, 7) is 6.56. The Hall–Kier alpha value is -1.95. The maximum atomic E-state index is 13.2. The van der Waals surface area contributed by atoms with Gasteiger partial charge in [-0.2, -0.15) is 0 Å². The van der Waals surface area contributed by atoms with E-state index in [-0.39, 0.29) is 24.0 Å². The number of fused-ring (bicyclic) bond motifs is 2. The lowest BCUT2D eigenvalue weighted by atomic mass is 9.95. The molecule has 1 saturated heterocycles. The average Bonchev–Trinajstić information content (AvgIpc) is 2.89. The normalized spacial score (nSPS) is 22.3. The fourth-order valence-corrected chi connectivity index (χ4v) is 4.83. The number of pyridine rings is 1. The third-order valence-electron chi connectivity index (χ3n) is 6.70. The van der Waals surface area contributed by atoms with E-state index in [4.69, 9.17) is 16.6 Å². The monoisotopic (exact) mass is 426 g/mol. The summed E-state index contributed by atoms with van der Waals surface area (Å²) in [6, 6.07) is 10.5. The molecule has 2 heterocycles. The zero-order valence-electron chi connectivity index (χ0n) is 18.3. The van der Waals surface area contributed by atoms with Crippen molar-refractivity contribution in [3.05, 3.63) is 63.9 Å². The van der Waals surface area contributed by atoms with Crippen molar-refractivity contribution in [1.82, 2.24) is 19.7 Å². The molecule has 0 spiro atoms. The highest BCUT2D eigenvalue weighted by Gasteiger charge is 2.38. The molecule has 30 heavy (non-hydrogen) atoms. The molecular formula is C24H31ClN4O. The Morgan fingerprint density at radius 3 is 2.73 bits per heavy atom. The summed E-state index contributed by atoms with van der Waals surface area (Å²) in [5.74, 6) is 0.184. The molecule has 0 radical (unpaired) electrons.